The molecular formula is C20H18ClN3O3. The van der Waals surface area contributed by atoms with E-state index in [4.69, 9.17) is 26.3 Å². The largest absolute Gasteiger partial charge is 0.454 e. The molecule has 0 aromatic heterocycles. The van der Waals surface area contributed by atoms with Crippen molar-refractivity contribution < 1.29 is 14.3 Å². The number of benzene rings is 2. The molecule has 1 saturated heterocycles. The van der Waals surface area contributed by atoms with Crippen LogP contribution in [0.2, 0.25) is 5.02 Å². The lowest BCUT2D eigenvalue weighted by Gasteiger charge is -2.34. The quantitative estimate of drug-likeness (QED) is 0.815. The molecule has 1 amide bonds. The van der Waals surface area contributed by atoms with Crippen LogP contribution in [0, 0.1) is 11.3 Å². The van der Waals surface area contributed by atoms with Crippen molar-refractivity contribution in [2.24, 2.45) is 0 Å². The Morgan fingerprint density at radius 2 is 1.85 bits per heavy atom. The number of fused-ring (bicyclic) bond motifs is 1. The standard InChI is InChI=1S/C20H18ClN3O3/c21-17-9-16(10-18-19(17)27-13-26-18)20(25)24-7-5-23(6-8-24)12-15-3-1-14(11-22)2-4-15/h1-4,9-10H,5-8,12-13H2. The van der Waals surface area contributed by atoms with Crippen molar-refractivity contribution in [1.29, 1.82) is 5.26 Å². The maximum absolute atomic E-state index is 12.8. The van der Waals surface area contributed by atoms with E-state index in [0.29, 0.717) is 40.7 Å². The smallest absolute Gasteiger partial charge is 0.254 e. The number of piperazine rings is 1. The average molecular weight is 384 g/mol. The molecule has 2 aliphatic rings. The second kappa shape index (κ2) is 7.47. The zero-order valence-corrected chi connectivity index (χ0v) is 15.4. The first-order chi connectivity index (χ1) is 13.1. The molecule has 7 heteroatoms. The molecule has 2 aromatic rings. The molecule has 0 bridgehead atoms. The van der Waals surface area contributed by atoms with Gasteiger partial charge in [0.15, 0.2) is 11.5 Å². The average Bonchev–Trinajstić information content (AvgIpc) is 3.18. The summed E-state index contributed by atoms with van der Waals surface area (Å²) in [6, 6.07) is 13.1. The van der Waals surface area contributed by atoms with E-state index in [0.717, 1.165) is 25.2 Å². The molecule has 2 heterocycles. The summed E-state index contributed by atoms with van der Waals surface area (Å²) in [5.74, 6) is 0.971. The van der Waals surface area contributed by atoms with Crippen LogP contribution in [-0.2, 0) is 6.54 Å². The minimum absolute atomic E-state index is 0.0479. The predicted molar refractivity (Wildman–Crippen MR) is 99.9 cm³/mol. The molecule has 27 heavy (non-hydrogen) atoms. The predicted octanol–water partition coefficient (Wildman–Crippen LogP) is 2.90. The van der Waals surface area contributed by atoms with E-state index >= 15 is 0 Å². The van der Waals surface area contributed by atoms with Crippen LogP contribution in [0.4, 0.5) is 0 Å². The third kappa shape index (κ3) is 3.70. The third-order valence-electron chi connectivity index (χ3n) is 4.82. The first-order valence-electron chi connectivity index (χ1n) is 8.74. The van der Waals surface area contributed by atoms with Gasteiger partial charge in [0, 0.05) is 38.3 Å². The molecule has 0 spiro atoms. The van der Waals surface area contributed by atoms with Gasteiger partial charge in [-0.25, -0.2) is 0 Å². The first-order valence-corrected chi connectivity index (χ1v) is 9.11. The highest BCUT2D eigenvalue weighted by atomic mass is 35.5. The number of rotatable bonds is 3. The summed E-state index contributed by atoms with van der Waals surface area (Å²) in [5.41, 5.74) is 2.35. The molecule has 2 aromatic carbocycles. The van der Waals surface area contributed by atoms with Gasteiger partial charge < -0.3 is 14.4 Å². The summed E-state index contributed by atoms with van der Waals surface area (Å²) in [4.78, 5) is 16.9. The Labute approximate surface area is 162 Å². The number of nitriles is 1. The van der Waals surface area contributed by atoms with Crippen molar-refractivity contribution in [2.75, 3.05) is 33.0 Å². The van der Waals surface area contributed by atoms with Gasteiger partial charge in [0.25, 0.3) is 5.91 Å². The van der Waals surface area contributed by atoms with E-state index in [1.165, 1.54) is 0 Å². The molecule has 0 unspecified atom stereocenters. The molecule has 0 aliphatic carbocycles. The van der Waals surface area contributed by atoms with Gasteiger partial charge in [0.2, 0.25) is 6.79 Å². The van der Waals surface area contributed by atoms with Crippen molar-refractivity contribution in [1.82, 2.24) is 9.80 Å². The third-order valence-corrected chi connectivity index (χ3v) is 5.10. The normalized spacial score (nSPS) is 16.2. The lowest BCUT2D eigenvalue weighted by atomic mass is 10.1. The second-order valence-electron chi connectivity index (χ2n) is 6.57. The fourth-order valence-electron chi connectivity index (χ4n) is 3.33. The van der Waals surface area contributed by atoms with Crippen LogP contribution in [0.1, 0.15) is 21.5 Å². The topological polar surface area (TPSA) is 65.8 Å². The Kier molecular flexibility index (Phi) is 4.88. The monoisotopic (exact) mass is 383 g/mol. The van der Waals surface area contributed by atoms with Gasteiger partial charge in [-0.1, -0.05) is 23.7 Å². The minimum atomic E-state index is -0.0479. The number of nitrogens with zero attached hydrogens (tertiary/aromatic N) is 3. The van der Waals surface area contributed by atoms with E-state index in [2.05, 4.69) is 11.0 Å². The van der Waals surface area contributed by atoms with Crippen LogP contribution in [-0.4, -0.2) is 48.7 Å². The molecule has 0 atom stereocenters. The fraction of sp³-hybridized carbons (Fsp3) is 0.300. The van der Waals surface area contributed by atoms with Crippen LogP contribution >= 0.6 is 11.6 Å². The molecule has 0 radical (unpaired) electrons. The van der Waals surface area contributed by atoms with Crippen molar-refractivity contribution in [3.05, 3.63) is 58.1 Å². The number of halogens is 1. The van der Waals surface area contributed by atoms with Crippen molar-refractivity contribution in [3.63, 3.8) is 0 Å². The first kappa shape index (κ1) is 17.7. The zero-order chi connectivity index (χ0) is 18.8. The lowest BCUT2D eigenvalue weighted by molar-refractivity contribution is 0.0628. The van der Waals surface area contributed by atoms with E-state index in [1.54, 1.807) is 12.1 Å². The summed E-state index contributed by atoms with van der Waals surface area (Å²) >= 11 is 6.19. The Balaban J connectivity index is 1.37. The highest BCUT2D eigenvalue weighted by Crippen LogP contribution is 2.40. The fourth-order valence-corrected chi connectivity index (χ4v) is 3.59. The van der Waals surface area contributed by atoms with E-state index in [9.17, 15) is 4.79 Å². The highest BCUT2D eigenvalue weighted by molar-refractivity contribution is 6.32. The van der Waals surface area contributed by atoms with E-state index < -0.39 is 0 Å². The Morgan fingerprint density at radius 3 is 2.56 bits per heavy atom. The molecule has 4 rings (SSSR count). The Bertz CT molecular complexity index is 900. The molecule has 6 nitrogen and oxygen atoms in total. The Hall–Kier alpha value is -2.75. The van der Waals surface area contributed by atoms with Crippen molar-refractivity contribution in [3.8, 4) is 17.6 Å². The summed E-state index contributed by atoms with van der Waals surface area (Å²) in [6.45, 7) is 3.83. The minimum Gasteiger partial charge on any atom is -0.454 e. The molecule has 138 valence electrons. The van der Waals surface area contributed by atoms with E-state index in [-0.39, 0.29) is 12.7 Å². The van der Waals surface area contributed by atoms with Crippen LogP contribution < -0.4 is 9.47 Å². The van der Waals surface area contributed by atoms with Crippen molar-refractivity contribution in [2.45, 2.75) is 6.54 Å². The van der Waals surface area contributed by atoms with Gasteiger partial charge in [-0.2, -0.15) is 5.26 Å². The Morgan fingerprint density at radius 1 is 1.11 bits per heavy atom. The summed E-state index contributed by atoms with van der Waals surface area (Å²) in [6.07, 6.45) is 0. The molecule has 0 saturated carbocycles. The number of hydrogen-bond acceptors (Lipinski definition) is 5. The van der Waals surface area contributed by atoms with Gasteiger partial charge in [-0.05, 0) is 29.8 Å². The van der Waals surface area contributed by atoms with Gasteiger partial charge in [-0.15, -0.1) is 0 Å². The molecular weight excluding hydrogens is 366 g/mol. The SMILES string of the molecule is N#Cc1ccc(CN2CCN(C(=O)c3cc(Cl)c4c(c3)OCO4)CC2)cc1. The van der Waals surface area contributed by atoms with Crippen LogP contribution in [0.25, 0.3) is 0 Å². The number of ether oxygens (including phenoxy) is 2. The number of carbonyl (C=O) groups excluding carboxylic acids is 1. The second-order valence-corrected chi connectivity index (χ2v) is 6.98. The van der Waals surface area contributed by atoms with Gasteiger partial charge in [-0.3, -0.25) is 9.69 Å². The summed E-state index contributed by atoms with van der Waals surface area (Å²) < 4.78 is 10.6. The van der Waals surface area contributed by atoms with Gasteiger partial charge in [0.05, 0.1) is 16.7 Å². The molecule has 1 fully saturated rings. The van der Waals surface area contributed by atoms with Crippen LogP contribution in [0.5, 0.6) is 11.5 Å². The summed E-state index contributed by atoms with van der Waals surface area (Å²) in [5, 5.41) is 9.27. The van der Waals surface area contributed by atoms with Crippen LogP contribution in [0.15, 0.2) is 36.4 Å². The van der Waals surface area contributed by atoms with E-state index in [1.807, 2.05) is 29.2 Å². The zero-order valence-electron chi connectivity index (χ0n) is 14.7. The molecule has 2 aliphatic heterocycles. The molecule has 0 N–H and O–H groups in total. The maximum atomic E-state index is 12.8. The maximum Gasteiger partial charge on any atom is 0.254 e. The van der Waals surface area contributed by atoms with Gasteiger partial charge in [0.1, 0.15) is 0 Å². The van der Waals surface area contributed by atoms with Crippen molar-refractivity contribution >= 4 is 17.5 Å². The van der Waals surface area contributed by atoms with Gasteiger partial charge >= 0.3 is 0 Å². The highest BCUT2D eigenvalue weighted by Gasteiger charge is 2.26. The lowest BCUT2D eigenvalue weighted by Crippen LogP contribution is -2.48. The van der Waals surface area contributed by atoms with Crippen LogP contribution in [0.3, 0.4) is 0 Å². The number of amides is 1. The number of carbonyl (C=O) groups is 1. The number of hydrogen-bond donors (Lipinski definition) is 0. The summed E-state index contributed by atoms with van der Waals surface area (Å²) in [7, 11) is 0.